The molecule has 30 heavy (non-hydrogen) atoms. The third kappa shape index (κ3) is 2.02. The van der Waals surface area contributed by atoms with Crippen LogP contribution in [-0.2, 0) is 0 Å². The maximum Gasteiger partial charge on any atom is 0.0541 e. The minimum absolute atomic E-state index is 1.15. The third-order valence-electron chi connectivity index (χ3n) is 6.41. The van der Waals surface area contributed by atoms with Crippen molar-refractivity contribution in [1.82, 2.24) is 4.57 Å². The maximum atomic E-state index is 3.76. The third-order valence-corrected chi connectivity index (χ3v) is 7.10. The zero-order valence-corrected chi connectivity index (χ0v) is 17.6. The maximum absolute atomic E-state index is 3.76. The van der Waals surface area contributed by atoms with Crippen LogP contribution in [0.2, 0.25) is 0 Å². The summed E-state index contributed by atoms with van der Waals surface area (Å²) in [7, 11) is 0. The molecule has 0 aliphatic carbocycles. The normalized spacial score (nSPS) is 12.2. The largest absolute Gasteiger partial charge is 0.309 e. The summed E-state index contributed by atoms with van der Waals surface area (Å²) in [5.41, 5.74) is 3.72. The van der Waals surface area contributed by atoms with Gasteiger partial charge in [0.1, 0.15) is 0 Å². The van der Waals surface area contributed by atoms with E-state index in [1.165, 1.54) is 59.8 Å². The van der Waals surface area contributed by atoms with Crippen molar-refractivity contribution in [3.8, 4) is 5.69 Å². The molecule has 1 nitrogen and oxygen atoms in total. The van der Waals surface area contributed by atoms with Gasteiger partial charge in [0.25, 0.3) is 0 Å². The zero-order chi connectivity index (χ0) is 19.8. The molecule has 0 aliphatic rings. The quantitative estimate of drug-likeness (QED) is 0.223. The molecule has 1 heterocycles. The van der Waals surface area contributed by atoms with Crippen LogP contribution in [-0.4, -0.2) is 4.57 Å². The van der Waals surface area contributed by atoms with Gasteiger partial charge in [0.2, 0.25) is 0 Å². The predicted molar refractivity (Wildman–Crippen MR) is 132 cm³/mol. The van der Waals surface area contributed by atoms with Gasteiger partial charge >= 0.3 is 0 Å². The molecule has 2 heteroatoms. The van der Waals surface area contributed by atoms with Gasteiger partial charge in [-0.25, -0.2) is 0 Å². The van der Waals surface area contributed by atoms with E-state index in [0.717, 1.165) is 4.47 Å². The van der Waals surface area contributed by atoms with Crippen LogP contribution < -0.4 is 0 Å². The van der Waals surface area contributed by atoms with Gasteiger partial charge in [-0.1, -0.05) is 88.7 Å². The number of para-hydroxylation sites is 2. The van der Waals surface area contributed by atoms with Crippen molar-refractivity contribution in [2.24, 2.45) is 0 Å². The number of rotatable bonds is 1. The molecule has 140 valence electrons. The Balaban J connectivity index is 1.73. The van der Waals surface area contributed by atoms with Crippen LogP contribution in [0.5, 0.6) is 0 Å². The van der Waals surface area contributed by atoms with Gasteiger partial charge in [-0.2, -0.15) is 0 Å². The predicted octanol–water partition coefficient (Wildman–Crippen LogP) is 8.44. The van der Waals surface area contributed by atoms with Gasteiger partial charge < -0.3 is 4.57 Å². The van der Waals surface area contributed by atoms with E-state index in [4.69, 9.17) is 0 Å². The topological polar surface area (TPSA) is 4.93 Å². The van der Waals surface area contributed by atoms with Crippen LogP contribution in [0, 0.1) is 0 Å². The zero-order valence-electron chi connectivity index (χ0n) is 16.1. The van der Waals surface area contributed by atoms with Gasteiger partial charge in [0.15, 0.2) is 0 Å². The number of hydrogen-bond acceptors (Lipinski definition) is 0. The smallest absolute Gasteiger partial charge is 0.0541 e. The summed E-state index contributed by atoms with van der Waals surface area (Å²) in [5, 5.41) is 10.4. The van der Waals surface area contributed by atoms with Crippen molar-refractivity contribution < 1.29 is 0 Å². The summed E-state index contributed by atoms with van der Waals surface area (Å²) in [6.07, 6.45) is 0. The van der Waals surface area contributed by atoms with Crippen LogP contribution in [0.15, 0.2) is 102 Å². The molecule has 7 aromatic rings. The van der Waals surface area contributed by atoms with E-state index in [1.54, 1.807) is 0 Å². The van der Waals surface area contributed by atoms with Crippen LogP contribution in [0.25, 0.3) is 59.8 Å². The molecular weight excluding hydrogens is 430 g/mol. The van der Waals surface area contributed by atoms with Crippen LogP contribution in [0.3, 0.4) is 0 Å². The van der Waals surface area contributed by atoms with E-state index in [-0.39, 0.29) is 0 Å². The second-order valence-corrected chi connectivity index (χ2v) is 8.78. The lowest BCUT2D eigenvalue weighted by atomic mass is 9.93. The molecule has 0 saturated heterocycles. The van der Waals surface area contributed by atoms with E-state index in [9.17, 15) is 0 Å². The number of benzene rings is 6. The summed E-state index contributed by atoms with van der Waals surface area (Å²) in [6, 6.07) is 35.3. The van der Waals surface area contributed by atoms with Gasteiger partial charge in [0, 0.05) is 20.6 Å². The van der Waals surface area contributed by atoms with Gasteiger partial charge in [0.05, 0.1) is 16.7 Å². The van der Waals surface area contributed by atoms with Gasteiger partial charge in [-0.15, -0.1) is 0 Å². The van der Waals surface area contributed by atoms with Crippen molar-refractivity contribution >= 4 is 70.1 Å². The molecule has 0 aliphatic heterocycles. The fraction of sp³-hybridized carbons (Fsp3) is 0. The Labute approximate surface area is 181 Å². The van der Waals surface area contributed by atoms with Crippen LogP contribution >= 0.6 is 15.9 Å². The summed E-state index contributed by atoms with van der Waals surface area (Å²) in [6.45, 7) is 0. The average Bonchev–Trinajstić information content (AvgIpc) is 3.13. The Morgan fingerprint density at radius 1 is 0.467 bits per heavy atom. The van der Waals surface area contributed by atoms with Crippen molar-refractivity contribution in [2.75, 3.05) is 0 Å². The highest BCUT2D eigenvalue weighted by atomic mass is 79.9. The lowest BCUT2D eigenvalue weighted by Crippen LogP contribution is -1.96. The Morgan fingerprint density at radius 2 is 1.00 bits per heavy atom. The van der Waals surface area contributed by atoms with Crippen molar-refractivity contribution in [2.45, 2.75) is 0 Å². The second kappa shape index (κ2) is 5.84. The number of nitrogens with zero attached hydrogens (tertiary/aromatic N) is 1. The minimum Gasteiger partial charge on any atom is -0.309 e. The molecule has 7 rings (SSSR count). The van der Waals surface area contributed by atoms with Crippen molar-refractivity contribution in [1.29, 1.82) is 0 Å². The molecule has 0 bridgehead atoms. The SMILES string of the molecule is Brc1ccc2ccc3c(-n4c5ccccc5c5ccccc54)ccc4ccc1c2c43. The summed E-state index contributed by atoms with van der Waals surface area (Å²) < 4.78 is 3.57. The number of fused-ring (bicyclic) bond motifs is 3. The van der Waals surface area contributed by atoms with Gasteiger partial charge in [-0.3, -0.25) is 0 Å². The fourth-order valence-electron chi connectivity index (χ4n) is 5.13. The van der Waals surface area contributed by atoms with Crippen LogP contribution in [0.4, 0.5) is 0 Å². The van der Waals surface area contributed by atoms with E-state index in [2.05, 4.69) is 118 Å². The first kappa shape index (κ1) is 16.4. The monoisotopic (exact) mass is 445 g/mol. The molecular formula is C28H16BrN. The van der Waals surface area contributed by atoms with Crippen molar-refractivity contribution in [3.63, 3.8) is 0 Å². The second-order valence-electron chi connectivity index (χ2n) is 7.92. The Morgan fingerprint density at radius 3 is 1.70 bits per heavy atom. The Bertz CT molecular complexity index is 1700. The average molecular weight is 446 g/mol. The molecule has 0 unspecified atom stereocenters. The van der Waals surface area contributed by atoms with Crippen LogP contribution in [0.1, 0.15) is 0 Å². The van der Waals surface area contributed by atoms with Gasteiger partial charge in [-0.05, 0) is 51.2 Å². The molecule has 1 aromatic heterocycles. The van der Waals surface area contributed by atoms with E-state index < -0.39 is 0 Å². The number of halogens is 1. The molecule has 0 N–H and O–H groups in total. The van der Waals surface area contributed by atoms with E-state index in [1.807, 2.05) is 0 Å². The highest BCUT2D eigenvalue weighted by Crippen LogP contribution is 2.41. The Kier molecular flexibility index (Phi) is 3.20. The standard InChI is InChI=1S/C28H16BrN/c29-23-15-11-17-10-14-22-26(16-12-18-9-13-21(23)27(17)28(18)22)30-24-7-3-1-5-19(24)20-6-2-4-8-25(20)30/h1-16H. The van der Waals surface area contributed by atoms with E-state index in [0.29, 0.717) is 0 Å². The lowest BCUT2D eigenvalue weighted by Gasteiger charge is -2.16. The molecule has 0 atom stereocenters. The first-order chi connectivity index (χ1) is 14.8. The Hall–Kier alpha value is -3.36. The molecule has 0 fully saturated rings. The summed E-state index contributed by atoms with van der Waals surface area (Å²) in [5.74, 6) is 0. The molecule has 0 saturated carbocycles. The number of aromatic nitrogens is 1. The highest BCUT2D eigenvalue weighted by molar-refractivity contribution is 9.10. The first-order valence-electron chi connectivity index (χ1n) is 10.2. The minimum atomic E-state index is 1.15. The highest BCUT2D eigenvalue weighted by Gasteiger charge is 2.16. The van der Waals surface area contributed by atoms with E-state index >= 15 is 0 Å². The molecule has 0 amide bonds. The summed E-state index contributed by atoms with van der Waals surface area (Å²) >= 11 is 3.76. The van der Waals surface area contributed by atoms with Crippen molar-refractivity contribution in [3.05, 3.63) is 102 Å². The molecule has 6 aromatic carbocycles. The summed E-state index contributed by atoms with van der Waals surface area (Å²) in [4.78, 5) is 0. The lowest BCUT2D eigenvalue weighted by molar-refractivity contribution is 1.20. The molecule has 0 radical (unpaired) electrons. The molecule has 0 spiro atoms. The first-order valence-corrected chi connectivity index (χ1v) is 11.0. The fourth-order valence-corrected chi connectivity index (χ4v) is 5.59. The number of hydrogen-bond donors (Lipinski definition) is 0.